The zero-order valence-corrected chi connectivity index (χ0v) is 13.0. The summed E-state index contributed by atoms with van der Waals surface area (Å²) in [6.07, 6.45) is 4.79. The van der Waals surface area contributed by atoms with Crippen molar-refractivity contribution in [2.24, 2.45) is 0 Å². The molecule has 1 heterocycles. The van der Waals surface area contributed by atoms with Crippen LogP contribution in [-0.2, 0) is 0 Å². The van der Waals surface area contributed by atoms with E-state index >= 15 is 0 Å². The second-order valence-corrected chi connectivity index (χ2v) is 6.06. The summed E-state index contributed by atoms with van der Waals surface area (Å²) in [5.41, 5.74) is 5.88. The molecule has 1 saturated carbocycles. The Hall–Kier alpha value is -2.67. The minimum Gasteiger partial charge on any atom is -0.253 e. The summed E-state index contributed by atoms with van der Waals surface area (Å²) < 4.78 is 0. The summed E-state index contributed by atoms with van der Waals surface area (Å²) in [6, 6.07) is 27.4. The van der Waals surface area contributed by atoms with E-state index < -0.39 is 0 Å². The zero-order valence-electron chi connectivity index (χ0n) is 13.0. The summed E-state index contributed by atoms with van der Waals surface area (Å²) in [5, 5.41) is 0. The van der Waals surface area contributed by atoms with Gasteiger partial charge in [-0.1, -0.05) is 66.7 Å². The Labute approximate surface area is 137 Å². The first-order valence-electron chi connectivity index (χ1n) is 8.20. The van der Waals surface area contributed by atoms with Crippen LogP contribution < -0.4 is 0 Å². The van der Waals surface area contributed by atoms with Gasteiger partial charge in [0.2, 0.25) is 0 Å². The first-order chi connectivity index (χ1) is 11.4. The average Bonchev–Trinajstić information content (AvgIpc) is 3.47. The van der Waals surface area contributed by atoms with Crippen molar-refractivity contribution < 1.29 is 0 Å². The number of rotatable bonds is 4. The molecule has 1 nitrogen and oxygen atoms in total. The lowest BCUT2D eigenvalue weighted by molar-refractivity contribution is 1.01. The van der Waals surface area contributed by atoms with E-state index in [0.29, 0.717) is 5.92 Å². The maximum atomic E-state index is 4.94. The molecule has 23 heavy (non-hydrogen) atoms. The lowest BCUT2D eigenvalue weighted by Gasteiger charge is -2.10. The van der Waals surface area contributed by atoms with Crippen LogP contribution in [0.5, 0.6) is 0 Å². The van der Waals surface area contributed by atoms with Gasteiger partial charge in [-0.25, -0.2) is 0 Å². The summed E-state index contributed by atoms with van der Waals surface area (Å²) >= 11 is 0. The molecule has 0 radical (unpaired) electrons. The van der Waals surface area contributed by atoms with Crippen LogP contribution in [0, 0.1) is 0 Å². The summed E-state index contributed by atoms with van der Waals surface area (Å²) in [6.45, 7) is 0. The third-order valence-corrected chi connectivity index (χ3v) is 4.24. The van der Waals surface area contributed by atoms with Crippen LogP contribution in [0.1, 0.15) is 41.3 Å². The first kappa shape index (κ1) is 14.0. The van der Waals surface area contributed by atoms with Crippen molar-refractivity contribution in [3.63, 3.8) is 0 Å². The Balaban J connectivity index is 1.82. The van der Waals surface area contributed by atoms with Gasteiger partial charge in [0.25, 0.3) is 0 Å². The van der Waals surface area contributed by atoms with Crippen LogP contribution >= 0.6 is 0 Å². The number of benzene rings is 2. The third kappa shape index (κ3) is 3.24. The maximum absolute atomic E-state index is 4.94. The van der Waals surface area contributed by atoms with Crippen LogP contribution in [0.15, 0.2) is 78.9 Å². The predicted octanol–water partition coefficient (Wildman–Crippen LogP) is 5.55. The van der Waals surface area contributed by atoms with Gasteiger partial charge in [-0.2, -0.15) is 0 Å². The summed E-state index contributed by atoms with van der Waals surface area (Å²) in [5.74, 6) is 0.670. The van der Waals surface area contributed by atoms with Crippen LogP contribution in [0.3, 0.4) is 0 Å². The highest BCUT2D eigenvalue weighted by molar-refractivity contribution is 5.90. The van der Waals surface area contributed by atoms with Crippen LogP contribution in [-0.4, -0.2) is 4.98 Å². The van der Waals surface area contributed by atoms with Gasteiger partial charge in [0.1, 0.15) is 0 Å². The van der Waals surface area contributed by atoms with Gasteiger partial charge in [0, 0.05) is 17.2 Å². The molecular weight excluding hydrogens is 278 g/mol. The fourth-order valence-corrected chi connectivity index (χ4v) is 2.85. The predicted molar refractivity (Wildman–Crippen MR) is 96.1 cm³/mol. The van der Waals surface area contributed by atoms with E-state index in [1.807, 2.05) is 6.07 Å². The molecule has 0 spiro atoms. The second kappa shape index (κ2) is 6.21. The molecule has 1 aliphatic carbocycles. The smallest absolute Gasteiger partial charge is 0.0711 e. The molecule has 1 fully saturated rings. The largest absolute Gasteiger partial charge is 0.253 e. The Bertz CT molecular complexity index is 815. The van der Waals surface area contributed by atoms with Crippen molar-refractivity contribution >= 4 is 11.6 Å². The standard InChI is InChI=1S/C22H19N/c1-3-8-17(9-4-1)16-20(18-10-5-2-6-11-18)22-13-7-12-21(23-22)19-14-15-19/h1-13,16,19H,14-15H2. The van der Waals surface area contributed by atoms with Gasteiger partial charge in [-0.15, -0.1) is 0 Å². The molecule has 0 saturated heterocycles. The van der Waals surface area contributed by atoms with E-state index in [2.05, 4.69) is 78.9 Å². The lowest BCUT2D eigenvalue weighted by atomic mass is 9.99. The van der Waals surface area contributed by atoms with Gasteiger partial charge >= 0.3 is 0 Å². The van der Waals surface area contributed by atoms with Crippen molar-refractivity contribution in [2.45, 2.75) is 18.8 Å². The molecule has 0 atom stereocenters. The SMILES string of the molecule is C(=C(c1ccccc1)c1cccc(C2CC2)n1)c1ccccc1. The van der Waals surface area contributed by atoms with Crippen LogP contribution in [0.25, 0.3) is 11.6 Å². The molecule has 112 valence electrons. The third-order valence-electron chi connectivity index (χ3n) is 4.24. The normalized spacial score (nSPS) is 14.7. The van der Waals surface area contributed by atoms with E-state index in [1.54, 1.807) is 0 Å². The molecule has 0 amide bonds. The van der Waals surface area contributed by atoms with Crippen LogP contribution in [0.4, 0.5) is 0 Å². The molecule has 1 aromatic heterocycles. The number of hydrogen-bond acceptors (Lipinski definition) is 1. The fraction of sp³-hybridized carbons (Fsp3) is 0.136. The van der Waals surface area contributed by atoms with Crippen molar-refractivity contribution in [3.8, 4) is 0 Å². The van der Waals surface area contributed by atoms with Crippen molar-refractivity contribution in [2.75, 3.05) is 0 Å². The molecule has 0 N–H and O–H groups in total. The lowest BCUT2D eigenvalue weighted by Crippen LogP contribution is -1.95. The van der Waals surface area contributed by atoms with Crippen LogP contribution in [0.2, 0.25) is 0 Å². The van der Waals surface area contributed by atoms with Gasteiger partial charge in [0.15, 0.2) is 0 Å². The molecule has 0 bridgehead atoms. The second-order valence-electron chi connectivity index (χ2n) is 6.06. The highest BCUT2D eigenvalue weighted by atomic mass is 14.7. The number of aromatic nitrogens is 1. The van der Waals surface area contributed by atoms with E-state index in [0.717, 1.165) is 5.69 Å². The molecule has 3 aromatic rings. The van der Waals surface area contributed by atoms with Crippen molar-refractivity contribution in [3.05, 3.63) is 101 Å². The molecule has 0 aliphatic heterocycles. The number of pyridine rings is 1. The maximum Gasteiger partial charge on any atom is 0.0711 e. The monoisotopic (exact) mass is 297 g/mol. The zero-order chi connectivity index (χ0) is 15.5. The topological polar surface area (TPSA) is 12.9 Å². The molecule has 2 aromatic carbocycles. The minimum absolute atomic E-state index is 0.670. The molecular formula is C22H19N. The molecule has 0 unspecified atom stereocenters. The van der Waals surface area contributed by atoms with E-state index in [-0.39, 0.29) is 0 Å². The van der Waals surface area contributed by atoms with Gasteiger partial charge in [-0.3, -0.25) is 4.98 Å². The average molecular weight is 297 g/mol. The quantitative estimate of drug-likeness (QED) is 0.575. The molecule has 1 heteroatoms. The fourth-order valence-electron chi connectivity index (χ4n) is 2.85. The Morgan fingerprint density at radius 3 is 2.17 bits per heavy atom. The van der Waals surface area contributed by atoms with Crippen molar-refractivity contribution in [1.29, 1.82) is 0 Å². The van der Waals surface area contributed by atoms with Gasteiger partial charge in [-0.05, 0) is 42.2 Å². The first-order valence-corrected chi connectivity index (χ1v) is 8.20. The highest BCUT2D eigenvalue weighted by Gasteiger charge is 2.25. The van der Waals surface area contributed by atoms with Gasteiger partial charge < -0.3 is 0 Å². The number of nitrogens with zero attached hydrogens (tertiary/aromatic N) is 1. The van der Waals surface area contributed by atoms with E-state index in [9.17, 15) is 0 Å². The molecule has 1 aliphatic rings. The molecule has 4 rings (SSSR count). The van der Waals surface area contributed by atoms with Crippen molar-refractivity contribution in [1.82, 2.24) is 4.98 Å². The summed E-state index contributed by atoms with van der Waals surface area (Å²) in [7, 11) is 0. The number of hydrogen-bond donors (Lipinski definition) is 0. The van der Waals surface area contributed by atoms with Gasteiger partial charge in [0.05, 0.1) is 5.69 Å². The minimum atomic E-state index is 0.670. The Morgan fingerprint density at radius 2 is 1.48 bits per heavy atom. The highest BCUT2D eigenvalue weighted by Crippen LogP contribution is 2.39. The summed E-state index contributed by atoms with van der Waals surface area (Å²) in [4.78, 5) is 4.94. The Morgan fingerprint density at radius 1 is 0.783 bits per heavy atom. The Kier molecular flexibility index (Phi) is 3.77. The van der Waals surface area contributed by atoms with E-state index in [1.165, 1.54) is 35.2 Å². The van der Waals surface area contributed by atoms with E-state index in [4.69, 9.17) is 4.98 Å².